The van der Waals surface area contributed by atoms with Crippen molar-refractivity contribution in [3.63, 3.8) is 0 Å². The van der Waals surface area contributed by atoms with E-state index in [-0.39, 0.29) is 11.4 Å². The predicted molar refractivity (Wildman–Crippen MR) is 102 cm³/mol. The monoisotopic (exact) mass is 429 g/mol. The summed E-state index contributed by atoms with van der Waals surface area (Å²) in [5.41, 5.74) is 4.17. The zero-order chi connectivity index (χ0) is 19.2. The average molecular weight is 430 g/mol. The third-order valence-corrected chi connectivity index (χ3v) is 3.78. The summed E-state index contributed by atoms with van der Waals surface area (Å²) in [6, 6.07) is 15.7. The fourth-order valence-electron chi connectivity index (χ4n) is 2.04. The van der Waals surface area contributed by atoms with Gasteiger partial charge in [-0.15, -0.1) is 0 Å². The van der Waals surface area contributed by atoms with Gasteiger partial charge < -0.3 is 9.15 Å². The molecule has 0 saturated carbocycles. The molecule has 0 radical (unpaired) electrons. The topological polar surface area (TPSA) is 107 Å². The van der Waals surface area contributed by atoms with Crippen LogP contribution >= 0.6 is 15.9 Å². The number of ether oxygens (including phenoxy) is 1. The zero-order valence-electron chi connectivity index (χ0n) is 13.7. The number of nitro groups is 1. The molecule has 0 aliphatic rings. The van der Waals surface area contributed by atoms with Crippen LogP contribution in [0.3, 0.4) is 0 Å². The number of nitrogens with one attached hydrogen (secondary N) is 1. The summed E-state index contributed by atoms with van der Waals surface area (Å²) in [4.78, 5) is 22.0. The van der Waals surface area contributed by atoms with Crippen LogP contribution in [0.1, 0.15) is 16.1 Å². The highest BCUT2D eigenvalue weighted by atomic mass is 79.9. The number of carbonyl (C=O) groups excluding carboxylic acids is 1. The van der Waals surface area contributed by atoms with Gasteiger partial charge in [0.1, 0.15) is 5.75 Å². The number of carbonyl (C=O) groups is 1. The first-order valence-corrected chi connectivity index (χ1v) is 8.42. The number of nitrogens with zero attached hydrogens (tertiary/aromatic N) is 2. The molecule has 3 aromatic rings. The molecule has 3 rings (SSSR count). The van der Waals surface area contributed by atoms with Gasteiger partial charge in [0.15, 0.2) is 4.67 Å². The van der Waals surface area contributed by atoms with Gasteiger partial charge in [-0.1, -0.05) is 0 Å². The van der Waals surface area contributed by atoms with Gasteiger partial charge in [-0.3, -0.25) is 15.5 Å². The molecule has 0 saturated heterocycles. The van der Waals surface area contributed by atoms with Crippen LogP contribution in [0.5, 0.6) is 5.75 Å². The minimum Gasteiger partial charge on any atom is -0.442 e. The molecular weight excluding hydrogens is 418 g/mol. The molecule has 0 fully saturated rings. The van der Waals surface area contributed by atoms with E-state index >= 15 is 0 Å². The quantitative estimate of drug-likeness (QED) is 0.201. The second-order valence-electron chi connectivity index (χ2n) is 5.24. The van der Waals surface area contributed by atoms with Crippen molar-refractivity contribution >= 4 is 39.5 Å². The van der Waals surface area contributed by atoms with Gasteiger partial charge in [0, 0.05) is 12.1 Å². The first-order chi connectivity index (χ1) is 13.0. The number of hydrazone groups is 1. The Morgan fingerprint density at radius 3 is 2.41 bits per heavy atom. The molecule has 1 heterocycles. The van der Waals surface area contributed by atoms with Crippen molar-refractivity contribution in [1.82, 2.24) is 0 Å². The van der Waals surface area contributed by atoms with Crippen LogP contribution in [0.25, 0.3) is 0 Å². The molecule has 0 bridgehead atoms. The van der Waals surface area contributed by atoms with Crippen molar-refractivity contribution in [1.29, 1.82) is 0 Å². The number of nitro benzene ring substituents is 1. The van der Waals surface area contributed by atoms with Gasteiger partial charge in [0.05, 0.1) is 16.8 Å². The number of halogens is 1. The Morgan fingerprint density at radius 1 is 1.11 bits per heavy atom. The molecular formula is C18H12BrN3O5. The molecule has 0 spiro atoms. The Labute approximate surface area is 161 Å². The normalized spacial score (nSPS) is 10.7. The number of benzene rings is 2. The van der Waals surface area contributed by atoms with Crippen molar-refractivity contribution in [2.24, 2.45) is 5.10 Å². The Kier molecular flexibility index (Phi) is 5.62. The van der Waals surface area contributed by atoms with Gasteiger partial charge in [0.25, 0.3) is 5.69 Å². The number of esters is 1. The third-order valence-electron chi connectivity index (χ3n) is 3.35. The summed E-state index contributed by atoms with van der Waals surface area (Å²) in [6.07, 6.45) is 1.57. The van der Waals surface area contributed by atoms with Gasteiger partial charge in [-0.2, -0.15) is 5.10 Å². The fourth-order valence-corrected chi connectivity index (χ4v) is 2.35. The van der Waals surface area contributed by atoms with Crippen molar-refractivity contribution in [2.75, 3.05) is 5.43 Å². The van der Waals surface area contributed by atoms with Crippen molar-refractivity contribution in [3.8, 4) is 5.75 Å². The Hall–Kier alpha value is -3.46. The summed E-state index contributed by atoms with van der Waals surface area (Å²) in [6.45, 7) is 0. The van der Waals surface area contributed by atoms with E-state index in [4.69, 9.17) is 9.15 Å². The summed E-state index contributed by atoms with van der Waals surface area (Å²) < 4.78 is 10.8. The van der Waals surface area contributed by atoms with Crippen LogP contribution in [0.15, 0.2) is 74.9 Å². The van der Waals surface area contributed by atoms with E-state index in [1.807, 2.05) is 0 Å². The first kappa shape index (κ1) is 18.3. The lowest BCUT2D eigenvalue weighted by Gasteiger charge is -2.03. The van der Waals surface area contributed by atoms with Crippen molar-refractivity contribution in [3.05, 3.63) is 86.8 Å². The maximum absolute atomic E-state index is 11.9. The van der Waals surface area contributed by atoms with Crippen molar-refractivity contribution < 1.29 is 18.9 Å². The first-order valence-electron chi connectivity index (χ1n) is 7.62. The third kappa shape index (κ3) is 5.02. The molecule has 0 aliphatic heterocycles. The molecule has 0 atom stereocenters. The lowest BCUT2D eigenvalue weighted by molar-refractivity contribution is -0.384. The molecule has 0 unspecified atom stereocenters. The van der Waals surface area contributed by atoms with E-state index in [0.717, 1.165) is 5.56 Å². The maximum Gasteiger partial charge on any atom is 0.379 e. The lowest BCUT2D eigenvalue weighted by Crippen LogP contribution is -2.07. The van der Waals surface area contributed by atoms with E-state index in [1.54, 1.807) is 48.7 Å². The molecule has 1 N–H and O–H groups in total. The maximum atomic E-state index is 11.9. The predicted octanol–water partition coefficient (Wildman–Crippen LogP) is 4.62. The van der Waals surface area contributed by atoms with Crippen LogP contribution in [-0.4, -0.2) is 17.1 Å². The molecule has 27 heavy (non-hydrogen) atoms. The van der Waals surface area contributed by atoms with E-state index in [1.165, 1.54) is 18.2 Å². The van der Waals surface area contributed by atoms with Crippen LogP contribution in [0.2, 0.25) is 0 Å². The molecule has 9 heteroatoms. The van der Waals surface area contributed by atoms with Gasteiger partial charge in [0.2, 0.25) is 5.76 Å². The average Bonchev–Trinajstić information content (AvgIpc) is 3.10. The Bertz CT molecular complexity index is 981. The van der Waals surface area contributed by atoms with E-state index < -0.39 is 10.9 Å². The van der Waals surface area contributed by atoms with Crippen LogP contribution in [-0.2, 0) is 0 Å². The number of non-ortho nitro benzene ring substituents is 1. The molecule has 2 aromatic carbocycles. The van der Waals surface area contributed by atoms with Gasteiger partial charge in [-0.25, -0.2) is 4.79 Å². The summed E-state index contributed by atoms with van der Waals surface area (Å²) in [7, 11) is 0. The molecule has 0 aliphatic carbocycles. The Balaban J connectivity index is 1.56. The second kappa shape index (κ2) is 8.28. The van der Waals surface area contributed by atoms with Gasteiger partial charge >= 0.3 is 5.97 Å². The molecule has 0 amide bonds. The van der Waals surface area contributed by atoms with Crippen LogP contribution in [0.4, 0.5) is 11.4 Å². The number of anilines is 1. The Morgan fingerprint density at radius 2 is 1.81 bits per heavy atom. The smallest absolute Gasteiger partial charge is 0.379 e. The minimum atomic E-state index is -0.595. The van der Waals surface area contributed by atoms with E-state index in [9.17, 15) is 14.9 Å². The van der Waals surface area contributed by atoms with Crippen molar-refractivity contribution in [2.45, 2.75) is 0 Å². The standard InChI is InChI=1S/C18H12BrN3O5/c19-17-10-9-16(27-17)18(23)26-15-7-1-12(2-8-15)11-20-21-13-3-5-14(6-4-13)22(24)25/h1-11,21H. The SMILES string of the molecule is O=C(Oc1ccc(C=NNc2ccc([N+](=O)[O-])cc2)cc1)c1ccc(Br)o1. The number of hydrogen-bond acceptors (Lipinski definition) is 7. The molecule has 136 valence electrons. The second-order valence-corrected chi connectivity index (χ2v) is 6.02. The highest BCUT2D eigenvalue weighted by Crippen LogP contribution is 2.18. The molecule has 8 nitrogen and oxygen atoms in total. The fraction of sp³-hybridized carbons (Fsp3) is 0. The van der Waals surface area contributed by atoms with E-state index in [2.05, 4.69) is 26.5 Å². The number of rotatable bonds is 6. The number of furan rings is 1. The van der Waals surface area contributed by atoms with E-state index in [0.29, 0.717) is 16.1 Å². The highest BCUT2D eigenvalue weighted by Gasteiger charge is 2.12. The van der Waals surface area contributed by atoms with Crippen LogP contribution in [0, 0.1) is 10.1 Å². The largest absolute Gasteiger partial charge is 0.442 e. The summed E-state index contributed by atoms with van der Waals surface area (Å²) in [5.74, 6) is -0.130. The van der Waals surface area contributed by atoms with Gasteiger partial charge in [-0.05, 0) is 70.0 Å². The number of hydrogen-bond donors (Lipinski definition) is 1. The van der Waals surface area contributed by atoms with Crippen LogP contribution < -0.4 is 10.2 Å². The molecule has 1 aromatic heterocycles. The minimum absolute atomic E-state index is 0.0107. The summed E-state index contributed by atoms with van der Waals surface area (Å²) >= 11 is 3.12. The lowest BCUT2D eigenvalue weighted by atomic mass is 10.2. The highest BCUT2D eigenvalue weighted by molar-refractivity contribution is 9.10. The summed E-state index contributed by atoms with van der Waals surface area (Å²) in [5, 5.41) is 14.7. The zero-order valence-corrected chi connectivity index (χ0v) is 15.3.